The highest BCUT2D eigenvalue weighted by atomic mass is 16.6. The number of allylic oxidation sites excluding steroid dienone is 18. The predicted molar refractivity (Wildman–Crippen MR) is 274 cm³/mol. The van der Waals surface area contributed by atoms with Crippen LogP contribution in [0, 0.1) is 0 Å². The van der Waals surface area contributed by atoms with Crippen LogP contribution in [-0.2, 0) is 28.6 Å². The highest BCUT2D eigenvalue weighted by Crippen LogP contribution is 2.14. The molecule has 0 unspecified atom stereocenters. The van der Waals surface area contributed by atoms with Gasteiger partial charge in [0.25, 0.3) is 0 Å². The molecule has 362 valence electrons. The zero-order valence-electron chi connectivity index (χ0n) is 41.3. The summed E-state index contributed by atoms with van der Waals surface area (Å²) in [6.45, 7) is 6.33. The van der Waals surface area contributed by atoms with Gasteiger partial charge in [0.05, 0.1) is 0 Å². The van der Waals surface area contributed by atoms with E-state index in [1.165, 1.54) is 57.8 Å². The average molecular weight is 887 g/mol. The second-order valence-corrected chi connectivity index (χ2v) is 16.7. The second kappa shape index (κ2) is 51.7. The molecule has 1 atom stereocenters. The van der Waals surface area contributed by atoms with Gasteiger partial charge in [0.15, 0.2) is 6.10 Å². The maximum absolute atomic E-state index is 12.8. The van der Waals surface area contributed by atoms with Gasteiger partial charge in [-0.15, -0.1) is 0 Å². The second-order valence-electron chi connectivity index (χ2n) is 16.7. The smallest absolute Gasteiger partial charge is 0.306 e. The highest BCUT2D eigenvalue weighted by molar-refractivity contribution is 5.71. The van der Waals surface area contributed by atoms with Crippen LogP contribution in [-0.4, -0.2) is 37.2 Å². The molecular weight excluding hydrogens is 793 g/mol. The summed E-state index contributed by atoms with van der Waals surface area (Å²) in [5.74, 6) is -0.986. The third-order valence-electron chi connectivity index (χ3n) is 10.5. The van der Waals surface area contributed by atoms with Crippen LogP contribution in [0.2, 0.25) is 0 Å². The maximum atomic E-state index is 12.8. The lowest BCUT2D eigenvalue weighted by Gasteiger charge is -2.18. The molecule has 0 aromatic carbocycles. The van der Waals surface area contributed by atoms with Crippen molar-refractivity contribution in [3.63, 3.8) is 0 Å². The number of unbranched alkanes of at least 4 members (excludes halogenated alkanes) is 16. The Balaban J connectivity index is 4.51. The Morgan fingerprint density at radius 3 is 0.984 bits per heavy atom. The molecule has 0 fully saturated rings. The Hall–Kier alpha value is -3.93. The van der Waals surface area contributed by atoms with Crippen molar-refractivity contribution in [3.8, 4) is 0 Å². The third kappa shape index (κ3) is 49.1. The zero-order valence-corrected chi connectivity index (χ0v) is 41.3. The first-order chi connectivity index (χ1) is 31.5. The fourth-order valence-corrected chi connectivity index (χ4v) is 6.69. The topological polar surface area (TPSA) is 78.9 Å². The minimum Gasteiger partial charge on any atom is -0.462 e. The Morgan fingerprint density at radius 1 is 0.328 bits per heavy atom. The summed E-state index contributed by atoms with van der Waals surface area (Å²) in [4.78, 5) is 38.0. The fraction of sp³-hybridized carbons (Fsp3) is 0.638. The monoisotopic (exact) mass is 887 g/mol. The molecule has 0 aromatic heterocycles. The number of hydrogen-bond acceptors (Lipinski definition) is 6. The van der Waals surface area contributed by atoms with Gasteiger partial charge in [-0.1, -0.05) is 207 Å². The average Bonchev–Trinajstić information content (AvgIpc) is 3.29. The fourth-order valence-electron chi connectivity index (χ4n) is 6.69. The number of rotatable bonds is 45. The van der Waals surface area contributed by atoms with Crippen molar-refractivity contribution in [2.24, 2.45) is 0 Å². The molecule has 0 aliphatic rings. The van der Waals surface area contributed by atoms with Gasteiger partial charge in [0, 0.05) is 19.3 Å². The van der Waals surface area contributed by atoms with E-state index in [9.17, 15) is 14.4 Å². The molecule has 0 N–H and O–H groups in total. The number of carbonyl (C=O) groups excluding carboxylic acids is 3. The summed E-state index contributed by atoms with van der Waals surface area (Å²) in [5.41, 5.74) is 0. The molecule has 0 radical (unpaired) electrons. The Morgan fingerprint density at radius 2 is 0.609 bits per heavy atom. The number of carbonyl (C=O) groups is 3. The van der Waals surface area contributed by atoms with Crippen LogP contribution in [0.25, 0.3) is 0 Å². The molecule has 0 amide bonds. The van der Waals surface area contributed by atoms with E-state index in [2.05, 4.69) is 130 Å². The normalized spacial score (nSPS) is 13.0. The van der Waals surface area contributed by atoms with Gasteiger partial charge in [-0.05, 0) is 103 Å². The quantitative estimate of drug-likeness (QED) is 0.0262. The molecule has 0 aliphatic heterocycles. The van der Waals surface area contributed by atoms with Gasteiger partial charge in [0.2, 0.25) is 0 Å². The highest BCUT2D eigenvalue weighted by Gasteiger charge is 2.19. The van der Waals surface area contributed by atoms with E-state index in [0.29, 0.717) is 19.3 Å². The summed E-state index contributed by atoms with van der Waals surface area (Å²) in [6, 6.07) is 0. The molecular formula is C58H94O6. The van der Waals surface area contributed by atoms with Gasteiger partial charge in [-0.3, -0.25) is 14.4 Å². The summed E-state index contributed by atoms with van der Waals surface area (Å²) < 4.78 is 16.7. The molecule has 0 aromatic rings. The molecule has 0 bridgehead atoms. The minimum atomic E-state index is -0.813. The van der Waals surface area contributed by atoms with E-state index in [-0.39, 0.29) is 37.5 Å². The van der Waals surface area contributed by atoms with Gasteiger partial charge in [-0.25, -0.2) is 0 Å². The first-order valence-corrected chi connectivity index (χ1v) is 25.9. The zero-order chi connectivity index (χ0) is 46.5. The van der Waals surface area contributed by atoms with Crippen LogP contribution in [0.4, 0.5) is 0 Å². The van der Waals surface area contributed by atoms with E-state index < -0.39 is 6.10 Å². The van der Waals surface area contributed by atoms with E-state index >= 15 is 0 Å². The number of hydrogen-bond donors (Lipinski definition) is 0. The third-order valence-corrected chi connectivity index (χ3v) is 10.5. The van der Waals surface area contributed by atoms with Crippen molar-refractivity contribution >= 4 is 17.9 Å². The molecule has 0 spiro atoms. The first-order valence-electron chi connectivity index (χ1n) is 25.9. The lowest BCUT2D eigenvalue weighted by molar-refractivity contribution is -0.167. The standard InChI is InChI=1S/C58H94O6/c1-4-7-10-13-16-19-22-25-27-28-29-30-32-33-36-39-42-45-48-51-57(60)63-54-55(53-62-56(59)50-47-44-41-38-35-24-21-18-15-12-9-6-3)64-58(61)52-49-46-43-40-37-34-31-26-23-20-17-14-11-8-5-2/h7-8,10-11,16-17,19-20,25-27,29-31,33,36-37,40,55H,4-6,9,12-15,18,21-24,28,32,34-35,38-39,41-54H2,1-3H3/b10-7-,11-8-,19-16-,20-17-,27-25-,30-29-,31-26-,36-33-,40-37-/t55-/m0/s1. The van der Waals surface area contributed by atoms with Gasteiger partial charge < -0.3 is 14.2 Å². The molecule has 64 heavy (non-hydrogen) atoms. The Kier molecular flexibility index (Phi) is 48.5. The van der Waals surface area contributed by atoms with E-state index in [0.717, 1.165) is 116 Å². The molecule has 0 saturated heterocycles. The van der Waals surface area contributed by atoms with Crippen molar-refractivity contribution in [1.82, 2.24) is 0 Å². The van der Waals surface area contributed by atoms with E-state index in [1.54, 1.807) is 0 Å². The van der Waals surface area contributed by atoms with Crippen molar-refractivity contribution in [2.75, 3.05) is 13.2 Å². The Bertz CT molecular complexity index is 1340. The first kappa shape index (κ1) is 60.1. The van der Waals surface area contributed by atoms with Crippen LogP contribution in [0.3, 0.4) is 0 Å². The number of esters is 3. The minimum absolute atomic E-state index is 0.106. The van der Waals surface area contributed by atoms with Crippen LogP contribution in [0.5, 0.6) is 0 Å². The molecule has 0 rings (SSSR count). The van der Waals surface area contributed by atoms with Crippen molar-refractivity contribution in [3.05, 3.63) is 109 Å². The molecule has 0 saturated carbocycles. The lowest BCUT2D eigenvalue weighted by Crippen LogP contribution is -2.30. The molecule has 0 aliphatic carbocycles. The summed E-state index contributed by atoms with van der Waals surface area (Å²) in [5, 5.41) is 0. The van der Waals surface area contributed by atoms with Crippen LogP contribution >= 0.6 is 0 Å². The van der Waals surface area contributed by atoms with Gasteiger partial charge >= 0.3 is 17.9 Å². The van der Waals surface area contributed by atoms with Crippen molar-refractivity contribution < 1.29 is 28.6 Å². The SMILES string of the molecule is CC/C=C\C/C=C\C/C=C\C/C=C\C/C=C\CCCCCC(=O)OC[C@H](COC(=O)CCCCCCCCCCCCCC)OC(=O)CCCC/C=C\C/C=C\C/C=C\C/C=C\CC. The largest absolute Gasteiger partial charge is 0.462 e. The van der Waals surface area contributed by atoms with Crippen LogP contribution < -0.4 is 0 Å². The van der Waals surface area contributed by atoms with Crippen LogP contribution in [0.15, 0.2) is 109 Å². The van der Waals surface area contributed by atoms with Crippen LogP contribution in [0.1, 0.15) is 220 Å². The molecule has 0 heterocycles. The molecule has 6 heteroatoms. The molecule has 6 nitrogen and oxygen atoms in total. The van der Waals surface area contributed by atoms with E-state index in [1.807, 2.05) is 0 Å². The number of ether oxygens (including phenoxy) is 3. The summed E-state index contributed by atoms with van der Waals surface area (Å²) in [7, 11) is 0. The Labute approximate surface area is 393 Å². The predicted octanol–water partition coefficient (Wildman–Crippen LogP) is 17.1. The maximum Gasteiger partial charge on any atom is 0.306 e. The lowest BCUT2D eigenvalue weighted by atomic mass is 10.0. The van der Waals surface area contributed by atoms with Gasteiger partial charge in [0.1, 0.15) is 13.2 Å². The van der Waals surface area contributed by atoms with Gasteiger partial charge in [-0.2, -0.15) is 0 Å². The summed E-state index contributed by atoms with van der Waals surface area (Å²) in [6.07, 6.45) is 69.3. The van der Waals surface area contributed by atoms with E-state index in [4.69, 9.17) is 14.2 Å². The van der Waals surface area contributed by atoms with Crippen molar-refractivity contribution in [2.45, 2.75) is 226 Å². The van der Waals surface area contributed by atoms with Crippen molar-refractivity contribution in [1.29, 1.82) is 0 Å². The summed E-state index contributed by atoms with van der Waals surface area (Å²) >= 11 is 0.